The van der Waals surface area contributed by atoms with Crippen LogP contribution >= 0.6 is 0 Å². The average Bonchev–Trinajstić information content (AvgIpc) is 2.14. The molecule has 15 nitrogen and oxygen atoms in total. The second-order valence-electron chi connectivity index (χ2n) is 3.04. The average molecular weight is 345 g/mol. The third-order valence-electron chi connectivity index (χ3n) is 0.901. The monoisotopic (exact) mass is 345 g/mol. The Bertz CT molecular complexity index is 309. The molecule has 0 atom stereocenters. The van der Waals surface area contributed by atoms with E-state index in [1.54, 1.807) is 0 Å². The van der Waals surface area contributed by atoms with Crippen molar-refractivity contribution in [3.63, 3.8) is 0 Å². The Labute approximate surface area is 131 Å². The van der Waals surface area contributed by atoms with E-state index in [-0.39, 0.29) is 17.4 Å². The van der Waals surface area contributed by atoms with E-state index in [1.807, 2.05) is 0 Å². The number of rotatable bonds is 3. The molecule has 0 aromatic rings. The zero-order chi connectivity index (χ0) is 18.2. The summed E-state index contributed by atoms with van der Waals surface area (Å²) in [5.41, 5.74) is 12.4. The molecule has 0 aromatic heterocycles. The summed E-state index contributed by atoms with van der Waals surface area (Å²) >= 11 is 0. The van der Waals surface area contributed by atoms with E-state index in [4.69, 9.17) is 30.6 Å². The van der Waals surface area contributed by atoms with E-state index in [0.29, 0.717) is 0 Å². The smallest absolute Gasteiger partial charge is 0.543 e. The van der Waals surface area contributed by atoms with Crippen molar-refractivity contribution in [3.8, 4) is 0 Å². The quantitative estimate of drug-likeness (QED) is 0.169. The predicted octanol–water partition coefficient (Wildman–Crippen LogP) is -11.4. The minimum Gasteiger partial charge on any atom is -0.543 e. The molecule has 0 unspecified atom stereocenters. The topological polar surface area (TPSA) is 320 Å². The Balaban J connectivity index is -0.000000108. The van der Waals surface area contributed by atoms with E-state index in [9.17, 15) is 29.7 Å². The van der Waals surface area contributed by atoms with E-state index in [0.717, 1.165) is 0 Å². The second kappa shape index (κ2) is 10.3. The maximum atomic E-state index is 9.28. The van der Waals surface area contributed by atoms with E-state index >= 15 is 0 Å². The summed E-state index contributed by atoms with van der Waals surface area (Å²) < 4.78 is 0. The molecule has 0 heterocycles. The van der Waals surface area contributed by atoms with E-state index in [2.05, 4.69) is 17.2 Å². The van der Waals surface area contributed by atoms with Crippen LogP contribution in [0.5, 0.6) is 0 Å². The van der Waals surface area contributed by atoms with E-state index < -0.39 is 35.6 Å². The maximum absolute atomic E-state index is 9.28. The molecule has 0 bridgehead atoms. The van der Waals surface area contributed by atoms with Crippen LogP contribution in [0.1, 0.15) is 0 Å². The van der Waals surface area contributed by atoms with Crippen LogP contribution < -0.4 is 32.5 Å². The SMILES string of the molecule is NC(O)(O)C(=O)[O-].NC(O)(O)C(=O)[O-].NC(O)(O)C(=O)[O-].[Al+3]. The zero-order valence-electron chi connectivity index (χ0n) is 10.4. The summed E-state index contributed by atoms with van der Waals surface area (Å²) in [6, 6.07) is 0. The van der Waals surface area contributed by atoms with Crippen molar-refractivity contribution in [2.75, 3.05) is 0 Å². The van der Waals surface area contributed by atoms with E-state index in [1.165, 1.54) is 0 Å². The number of aliphatic carboxylic acids is 3. The Morgan fingerprint density at radius 3 is 0.636 bits per heavy atom. The molecule has 126 valence electrons. The number of hydrogen-bond donors (Lipinski definition) is 9. The van der Waals surface area contributed by atoms with Gasteiger partial charge in [-0.2, -0.15) is 0 Å². The van der Waals surface area contributed by atoms with Crippen molar-refractivity contribution in [1.82, 2.24) is 0 Å². The van der Waals surface area contributed by atoms with Crippen molar-refractivity contribution in [2.24, 2.45) is 17.2 Å². The summed E-state index contributed by atoms with van der Waals surface area (Å²) in [5, 5.41) is 74.5. The number of hydrogen-bond acceptors (Lipinski definition) is 15. The van der Waals surface area contributed by atoms with Gasteiger partial charge >= 0.3 is 17.4 Å². The number of carbonyl (C=O) groups excluding carboxylic acids is 3. The molecule has 0 saturated heterocycles. The molecule has 0 aliphatic rings. The second-order valence-corrected chi connectivity index (χ2v) is 3.04. The van der Waals surface area contributed by atoms with Crippen LogP contribution in [0.2, 0.25) is 0 Å². The first-order valence-electron chi connectivity index (χ1n) is 4.18. The molecule has 22 heavy (non-hydrogen) atoms. The summed E-state index contributed by atoms with van der Waals surface area (Å²) in [5.74, 6) is -15.9. The van der Waals surface area contributed by atoms with Gasteiger partial charge < -0.3 is 60.3 Å². The molecule has 0 aliphatic carbocycles. The Hall–Kier alpha value is -1.42. The summed E-state index contributed by atoms with van der Waals surface area (Å²) in [7, 11) is 0. The van der Waals surface area contributed by atoms with Gasteiger partial charge in [-0.05, 0) is 0 Å². The predicted molar refractivity (Wildman–Crippen MR) is 54.8 cm³/mol. The summed E-state index contributed by atoms with van der Waals surface area (Å²) in [4.78, 5) is 27.9. The molecule has 0 fully saturated rings. The molecule has 0 rings (SSSR count). The van der Waals surface area contributed by atoms with Gasteiger partial charge in [0.15, 0.2) is 0 Å². The van der Waals surface area contributed by atoms with Gasteiger partial charge in [0.25, 0.3) is 17.7 Å². The number of nitrogens with two attached hydrogens (primary N) is 3. The first-order valence-corrected chi connectivity index (χ1v) is 4.18. The Kier molecular flexibility index (Phi) is 13.5. The zero-order valence-corrected chi connectivity index (χ0v) is 11.6. The number of aliphatic hydroxyl groups is 6. The van der Waals surface area contributed by atoms with Gasteiger partial charge in [0, 0.05) is 0 Å². The minimum absolute atomic E-state index is 0. The molecule has 12 N–H and O–H groups in total. The van der Waals surface area contributed by atoms with Crippen LogP contribution in [0.4, 0.5) is 0 Å². The minimum atomic E-state index is -3.19. The molecule has 16 heteroatoms. The van der Waals surface area contributed by atoms with Gasteiger partial charge in [-0.1, -0.05) is 0 Å². The van der Waals surface area contributed by atoms with Crippen LogP contribution in [-0.4, -0.2) is 83.6 Å². The van der Waals surface area contributed by atoms with Crippen LogP contribution in [0, 0.1) is 0 Å². The number of carboxylic acids is 3. The first-order chi connectivity index (χ1) is 8.83. The van der Waals surface area contributed by atoms with Crippen molar-refractivity contribution in [2.45, 2.75) is 17.7 Å². The molecule has 0 radical (unpaired) electrons. The van der Waals surface area contributed by atoms with Gasteiger partial charge in [-0.25, -0.2) is 0 Å². The standard InChI is InChI=1S/3C2H5NO4.Al/c3*3-2(6,7)1(4)5;/h3*6-7H,3H2,(H,4,5);/q;;;+3/p-3. The van der Waals surface area contributed by atoms with Crippen LogP contribution in [0.25, 0.3) is 0 Å². The fraction of sp³-hybridized carbons (Fsp3) is 0.500. The number of carbonyl (C=O) groups is 3. The molecule has 0 amide bonds. The third kappa shape index (κ3) is 20.9. The van der Waals surface area contributed by atoms with Gasteiger partial charge in [0.05, 0.1) is 0 Å². The van der Waals surface area contributed by atoms with Crippen molar-refractivity contribution in [1.29, 1.82) is 0 Å². The van der Waals surface area contributed by atoms with Crippen molar-refractivity contribution < 1.29 is 60.3 Å². The molecule has 0 spiro atoms. The van der Waals surface area contributed by atoms with Crippen LogP contribution in [-0.2, 0) is 14.4 Å². The molecule has 0 aliphatic heterocycles. The van der Waals surface area contributed by atoms with Crippen LogP contribution in [0.15, 0.2) is 0 Å². The van der Waals surface area contributed by atoms with Gasteiger partial charge in [0.1, 0.15) is 17.9 Å². The molecule has 0 saturated carbocycles. The van der Waals surface area contributed by atoms with Gasteiger partial charge in [-0.3, -0.25) is 17.2 Å². The number of carboxylic acid groups (broad SMARTS) is 3. The van der Waals surface area contributed by atoms with Crippen molar-refractivity contribution >= 4 is 35.3 Å². The third-order valence-corrected chi connectivity index (χ3v) is 0.901. The molecular formula is C6H12AlN3O12. The Morgan fingerprint density at radius 2 is 0.636 bits per heavy atom. The van der Waals surface area contributed by atoms with Gasteiger partial charge in [0.2, 0.25) is 0 Å². The van der Waals surface area contributed by atoms with Crippen molar-refractivity contribution in [3.05, 3.63) is 0 Å². The summed E-state index contributed by atoms with van der Waals surface area (Å²) in [6.45, 7) is 0. The molecule has 0 aromatic carbocycles. The summed E-state index contributed by atoms with van der Waals surface area (Å²) in [6.07, 6.45) is 0. The normalized spacial score (nSPS) is 10.8. The fourth-order valence-electron chi connectivity index (χ4n) is 0. The molecular weight excluding hydrogens is 333 g/mol. The fourth-order valence-corrected chi connectivity index (χ4v) is 0. The largest absolute Gasteiger partial charge is 3.00 e. The first kappa shape index (κ1) is 28.7. The van der Waals surface area contributed by atoms with Crippen LogP contribution in [0.3, 0.4) is 0 Å². The van der Waals surface area contributed by atoms with Gasteiger partial charge in [-0.15, -0.1) is 0 Å². The maximum Gasteiger partial charge on any atom is 3.00 e. The Morgan fingerprint density at radius 1 is 0.591 bits per heavy atom.